The van der Waals surface area contributed by atoms with E-state index in [0.29, 0.717) is 11.5 Å². The van der Waals surface area contributed by atoms with Gasteiger partial charge in [0.25, 0.3) is 0 Å². The van der Waals surface area contributed by atoms with Crippen LogP contribution in [0.3, 0.4) is 0 Å². The minimum absolute atomic E-state index is 0.257. The van der Waals surface area contributed by atoms with Gasteiger partial charge in [0.05, 0.1) is 17.6 Å². The van der Waals surface area contributed by atoms with Crippen LogP contribution in [-0.4, -0.2) is 27.8 Å². The molecule has 76 valence electrons. The fraction of sp³-hybridized carbons (Fsp3) is 1.00. The molecule has 0 saturated heterocycles. The first-order valence-corrected chi connectivity index (χ1v) is 4.88. The molecule has 0 heterocycles. The van der Waals surface area contributed by atoms with E-state index < -0.39 is 0 Å². The van der Waals surface area contributed by atoms with E-state index in [-0.39, 0.29) is 6.04 Å². The Kier molecular flexibility index (Phi) is 3.79. The summed E-state index contributed by atoms with van der Waals surface area (Å²) in [7, 11) is 0. The van der Waals surface area contributed by atoms with Gasteiger partial charge in [0, 0.05) is 0 Å². The Hall–Kier alpha value is -1.00. The highest BCUT2D eigenvalue weighted by molar-refractivity contribution is 4.70. The second-order valence-electron chi connectivity index (χ2n) is 3.39. The van der Waals surface area contributed by atoms with E-state index in [1.807, 2.05) is 6.92 Å². The third-order valence-electron chi connectivity index (χ3n) is 2.62. The number of rotatable bonds is 3. The lowest BCUT2D eigenvalue weighted by Crippen LogP contribution is -2.41. The molecule has 0 aromatic carbocycles. The highest BCUT2D eigenvalue weighted by Crippen LogP contribution is 2.22. The lowest BCUT2D eigenvalue weighted by molar-refractivity contribution is -0.717. The molecule has 1 fully saturated rings. The molecule has 0 unspecified atom stereocenters. The number of hydrazine groups is 1. The summed E-state index contributed by atoms with van der Waals surface area (Å²) in [4.78, 5) is 0.302. The summed E-state index contributed by atoms with van der Waals surface area (Å²) in [5, 5.41) is 23.6. The third kappa shape index (κ3) is 2.47. The average Bonchev–Trinajstić information content (AvgIpc) is 2.20. The first kappa shape index (κ1) is 10.1. The Morgan fingerprint density at radius 1 is 1.46 bits per heavy atom. The Labute approximate surface area is 78.2 Å². The van der Waals surface area contributed by atoms with Crippen molar-refractivity contribution in [3.05, 3.63) is 5.21 Å². The lowest BCUT2D eigenvalue weighted by atomic mass is 9.95. The van der Waals surface area contributed by atoms with Crippen molar-refractivity contribution in [3.63, 3.8) is 0 Å². The van der Waals surface area contributed by atoms with Gasteiger partial charge in [-0.25, -0.2) is 0 Å². The van der Waals surface area contributed by atoms with Crippen LogP contribution in [0.5, 0.6) is 0 Å². The molecule has 0 aromatic heterocycles. The van der Waals surface area contributed by atoms with Gasteiger partial charge in [-0.05, 0) is 19.8 Å². The van der Waals surface area contributed by atoms with Crippen LogP contribution in [-0.2, 0) is 0 Å². The highest BCUT2D eigenvalue weighted by atomic mass is 16.6. The molecule has 1 rings (SSSR count). The second-order valence-corrected chi connectivity index (χ2v) is 3.39. The van der Waals surface area contributed by atoms with E-state index in [1.165, 1.54) is 19.3 Å². The molecule has 0 spiro atoms. The van der Waals surface area contributed by atoms with Crippen LogP contribution < -0.4 is 0 Å². The molecule has 5 nitrogen and oxygen atoms in total. The zero-order valence-electron chi connectivity index (χ0n) is 8.02. The molecule has 1 aliphatic rings. The maximum absolute atomic E-state index is 11.1. The molecule has 0 atom stereocenters. The zero-order chi connectivity index (χ0) is 9.68. The summed E-state index contributed by atoms with van der Waals surface area (Å²) in [5.41, 5.74) is 0. The molecule has 1 aliphatic carbocycles. The van der Waals surface area contributed by atoms with Crippen LogP contribution in [0.25, 0.3) is 0 Å². The topological polar surface area (TPSA) is 61.9 Å². The normalized spacial score (nSPS) is 20.2. The molecule has 13 heavy (non-hydrogen) atoms. The van der Waals surface area contributed by atoms with Gasteiger partial charge in [0.15, 0.2) is 0 Å². The Balaban J connectivity index is 2.53. The zero-order valence-corrected chi connectivity index (χ0v) is 8.02. The molecule has 0 aromatic rings. The van der Waals surface area contributed by atoms with Crippen LogP contribution in [0, 0.1) is 5.21 Å². The first-order valence-electron chi connectivity index (χ1n) is 4.88. The van der Waals surface area contributed by atoms with Gasteiger partial charge in [-0.1, -0.05) is 19.3 Å². The minimum atomic E-state index is 0.257. The van der Waals surface area contributed by atoms with Crippen molar-refractivity contribution >= 4 is 0 Å². The minimum Gasteiger partial charge on any atom is -0.569 e. The van der Waals surface area contributed by atoms with Crippen molar-refractivity contribution in [1.29, 1.82) is 0 Å². The predicted molar refractivity (Wildman–Crippen MR) is 47.1 cm³/mol. The smallest absolute Gasteiger partial charge is 0.230 e. The molecular weight excluding hydrogens is 170 g/mol. The van der Waals surface area contributed by atoms with Gasteiger partial charge in [-0.2, -0.15) is 0 Å². The van der Waals surface area contributed by atoms with Crippen molar-refractivity contribution in [3.8, 4) is 0 Å². The maximum Gasteiger partial charge on any atom is 0.230 e. The highest BCUT2D eigenvalue weighted by Gasteiger charge is 2.25. The van der Waals surface area contributed by atoms with Crippen LogP contribution in [0.4, 0.5) is 0 Å². The van der Waals surface area contributed by atoms with E-state index in [0.717, 1.165) is 12.8 Å². The van der Waals surface area contributed by atoms with E-state index in [4.69, 9.17) is 5.21 Å². The first-order chi connectivity index (χ1) is 6.29. The molecule has 5 heteroatoms. The fourth-order valence-electron chi connectivity index (χ4n) is 1.95. The quantitative estimate of drug-likeness (QED) is 0.417. The Bertz CT molecular complexity index is 178. The number of hydrogen-bond acceptors (Lipinski definition) is 2. The molecule has 1 N–H and O–H groups in total. The van der Waals surface area contributed by atoms with Gasteiger partial charge in [0.1, 0.15) is 0 Å². The summed E-state index contributed by atoms with van der Waals surface area (Å²) in [6.45, 7) is 2.49. The summed E-state index contributed by atoms with van der Waals surface area (Å²) >= 11 is 0. The lowest BCUT2D eigenvalue weighted by Gasteiger charge is -2.28. The van der Waals surface area contributed by atoms with Crippen LogP contribution in [0.1, 0.15) is 39.0 Å². The number of nitrogens with zero attached hydrogens (tertiary/aromatic N) is 3. The SMILES string of the molecule is CCN(C1CCCCC1)/[N+]([O-])=N\O. The largest absolute Gasteiger partial charge is 0.569 e. The van der Waals surface area contributed by atoms with E-state index in [1.54, 1.807) is 5.01 Å². The van der Waals surface area contributed by atoms with Crippen molar-refractivity contribution in [2.24, 2.45) is 5.28 Å². The van der Waals surface area contributed by atoms with Crippen LogP contribution in [0.2, 0.25) is 0 Å². The van der Waals surface area contributed by atoms with Crippen molar-refractivity contribution in [2.45, 2.75) is 45.1 Å². The Morgan fingerprint density at radius 2 is 2.08 bits per heavy atom. The molecule has 0 radical (unpaired) electrons. The summed E-state index contributed by atoms with van der Waals surface area (Å²) in [6.07, 6.45) is 5.65. The third-order valence-corrected chi connectivity index (χ3v) is 2.62. The number of hydrogen-bond donors (Lipinski definition) is 1. The maximum atomic E-state index is 11.1. The van der Waals surface area contributed by atoms with Gasteiger partial charge in [0.2, 0.25) is 5.28 Å². The standard InChI is InChI=1S/C8H17N3O2/c1-2-10(11(13)9-12)8-6-4-3-5-7-8/h8,12H,2-7H2,1H3/b11-9+. The summed E-state index contributed by atoms with van der Waals surface area (Å²) in [6, 6.07) is 0.257. The van der Waals surface area contributed by atoms with E-state index in [9.17, 15) is 5.21 Å². The monoisotopic (exact) mass is 187 g/mol. The van der Waals surface area contributed by atoms with Crippen molar-refractivity contribution in [1.82, 2.24) is 5.01 Å². The second kappa shape index (κ2) is 4.89. The predicted octanol–water partition coefficient (Wildman–Crippen LogP) is 1.91. The summed E-state index contributed by atoms with van der Waals surface area (Å²) in [5.74, 6) is 0. The Morgan fingerprint density at radius 3 is 2.54 bits per heavy atom. The van der Waals surface area contributed by atoms with Gasteiger partial charge in [-0.3, -0.25) is 0 Å². The van der Waals surface area contributed by atoms with Gasteiger partial charge >= 0.3 is 0 Å². The molecule has 0 amide bonds. The van der Waals surface area contributed by atoms with Crippen molar-refractivity contribution < 1.29 is 10.2 Å². The summed E-state index contributed by atoms with van der Waals surface area (Å²) < 4.78 is 0. The van der Waals surface area contributed by atoms with Crippen LogP contribution in [0.15, 0.2) is 5.28 Å². The van der Waals surface area contributed by atoms with E-state index >= 15 is 0 Å². The van der Waals surface area contributed by atoms with E-state index in [2.05, 4.69) is 5.28 Å². The fourth-order valence-corrected chi connectivity index (χ4v) is 1.95. The molecule has 0 bridgehead atoms. The van der Waals surface area contributed by atoms with Gasteiger partial charge in [-0.15, -0.1) is 5.01 Å². The molecule has 0 aliphatic heterocycles. The van der Waals surface area contributed by atoms with Crippen molar-refractivity contribution in [2.75, 3.05) is 6.54 Å². The van der Waals surface area contributed by atoms with Crippen LogP contribution >= 0.6 is 0 Å². The van der Waals surface area contributed by atoms with Gasteiger partial charge < -0.3 is 10.4 Å². The molecule has 1 saturated carbocycles. The molecular formula is C8H17N3O2. The average molecular weight is 187 g/mol.